The molecule has 0 heterocycles. The van der Waals surface area contributed by atoms with E-state index in [0.717, 1.165) is 5.75 Å². The molecule has 0 radical (unpaired) electrons. The van der Waals surface area contributed by atoms with Crippen LogP contribution in [0, 0.1) is 0 Å². The van der Waals surface area contributed by atoms with Gasteiger partial charge in [-0.05, 0) is 0 Å². The summed E-state index contributed by atoms with van der Waals surface area (Å²) in [6.45, 7) is 7.05. The molecule has 22 heavy (non-hydrogen) atoms. The molecule has 1 rings (SSSR count). The molecule has 1 nitrogen and oxygen atoms in total. The molecule has 0 saturated carbocycles. The zero-order chi connectivity index (χ0) is 16.3. The molecule has 0 aliphatic carbocycles. The van der Waals surface area contributed by atoms with E-state index in [1.54, 1.807) is 26.0 Å². The van der Waals surface area contributed by atoms with Crippen molar-refractivity contribution in [2.75, 3.05) is 7.11 Å². The zero-order valence-electron chi connectivity index (χ0n) is 15.3. The molecule has 0 aromatic heterocycles. The number of unbranched alkanes of at least 4 members (excludes halogenated alkanes) is 3. The average molecular weight is 411 g/mol. The van der Waals surface area contributed by atoms with E-state index in [-0.39, 0.29) is 0 Å². The van der Waals surface area contributed by atoms with Crippen LogP contribution in [0.25, 0.3) is 0 Å². The molecule has 0 fully saturated rings. The number of rotatable bonds is 12. The second-order valence-electron chi connectivity index (χ2n) is 6.84. The van der Waals surface area contributed by atoms with E-state index in [1.165, 1.54) is 43.0 Å². The monoisotopic (exact) mass is 412 g/mol. The van der Waals surface area contributed by atoms with E-state index in [4.69, 9.17) is 4.74 Å². The summed E-state index contributed by atoms with van der Waals surface area (Å²) in [6.07, 6.45) is 8.42. The number of methoxy groups -OCH3 is 1. The van der Waals surface area contributed by atoms with Gasteiger partial charge in [0.25, 0.3) is 0 Å². The third-order valence-electron chi connectivity index (χ3n) is 4.90. The van der Waals surface area contributed by atoms with Crippen molar-refractivity contribution in [2.45, 2.75) is 77.0 Å². The van der Waals surface area contributed by atoms with Gasteiger partial charge in [-0.15, -0.1) is 0 Å². The molecule has 2 heteroatoms. The van der Waals surface area contributed by atoms with Crippen molar-refractivity contribution in [2.24, 2.45) is 0 Å². The van der Waals surface area contributed by atoms with Crippen LogP contribution in [-0.4, -0.2) is 25.5 Å². The predicted octanol–water partition coefficient (Wildman–Crippen LogP) is 6.63. The maximum absolute atomic E-state index is 5.44. The average Bonchev–Trinajstić information content (AvgIpc) is 2.56. The number of benzene rings is 1. The molecular formula is C20H36OSn. The van der Waals surface area contributed by atoms with Crippen LogP contribution in [0.1, 0.15) is 64.9 Å². The van der Waals surface area contributed by atoms with E-state index < -0.39 is 18.4 Å². The van der Waals surface area contributed by atoms with Gasteiger partial charge in [0.1, 0.15) is 0 Å². The molecule has 1 aromatic rings. The van der Waals surface area contributed by atoms with Crippen LogP contribution in [0.15, 0.2) is 24.3 Å². The van der Waals surface area contributed by atoms with Gasteiger partial charge in [0.05, 0.1) is 0 Å². The molecule has 0 N–H and O–H groups in total. The molecule has 1 aromatic carbocycles. The Kier molecular flexibility index (Phi) is 10.3. The summed E-state index contributed by atoms with van der Waals surface area (Å²) in [7, 11) is 1.78. The Balaban J connectivity index is 2.92. The first-order chi connectivity index (χ1) is 10.7. The number of hydrogen-bond acceptors (Lipinski definition) is 1. The van der Waals surface area contributed by atoms with Gasteiger partial charge < -0.3 is 0 Å². The summed E-state index contributed by atoms with van der Waals surface area (Å²) in [6, 6.07) is 8.86. The molecule has 0 saturated heterocycles. The van der Waals surface area contributed by atoms with Crippen LogP contribution in [0.2, 0.25) is 13.3 Å². The molecule has 0 aliphatic heterocycles. The van der Waals surface area contributed by atoms with Gasteiger partial charge in [0, 0.05) is 0 Å². The summed E-state index contributed by atoms with van der Waals surface area (Å²) < 4.78 is 11.6. The van der Waals surface area contributed by atoms with Crippen LogP contribution < -0.4 is 4.74 Å². The van der Waals surface area contributed by atoms with Crippen LogP contribution in [-0.2, 0) is 4.44 Å². The Morgan fingerprint density at radius 1 is 0.864 bits per heavy atom. The molecule has 0 amide bonds. The van der Waals surface area contributed by atoms with Crippen molar-refractivity contribution in [3.8, 4) is 5.75 Å². The van der Waals surface area contributed by atoms with Gasteiger partial charge in [-0.25, -0.2) is 0 Å². The van der Waals surface area contributed by atoms with Crippen LogP contribution >= 0.6 is 0 Å². The molecule has 0 unspecified atom stereocenters. The SMILES string of the molecule is CCC[CH2][Sn]([CH2]CCC)([CH2]CCC)[CH2]c1cccc(OC)c1. The first kappa shape index (κ1) is 19.9. The fourth-order valence-corrected chi connectivity index (χ4v) is 19.7. The Morgan fingerprint density at radius 3 is 1.86 bits per heavy atom. The van der Waals surface area contributed by atoms with Gasteiger partial charge in [0.2, 0.25) is 0 Å². The number of hydrogen-bond donors (Lipinski definition) is 0. The van der Waals surface area contributed by atoms with Crippen molar-refractivity contribution in [3.63, 3.8) is 0 Å². The van der Waals surface area contributed by atoms with Crippen molar-refractivity contribution in [3.05, 3.63) is 29.8 Å². The molecule has 0 atom stereocenters. The van der Waals surface area contributed by atoms with E-state index in [2.05, 4.69) is 45.0 Å². The molecule has 0 spiro atoms. The molecular weight excluding hydrogens is 375 g/mol. The molecule has 126 valence electrons. The Bertz CT molecular complexity index is 381. The van der Waals surface area contributed by atoms with Crippen LogP contribution in [0.5, 0.6) is 5.75 Å². The van der Waals surface area contributed by atoms with E-state index >= 15 is 0 Å². The van der Waals surface area contributed by atoms with Crippen LogP contribution in [0.3, 0.4) is 0 Å². The standard InChI is InChI=1S/C8H9O.3C4H9.Sn/c1-7-4-3-5-8(6-7)9-2;3*1-3-4-2;/h3-6H,1H2,2H3;3*1,3-4H2,2H3;. The van der Waals surface area contributed by atoms with Gasteiger partial charge in [0.15, 0.2) is 0 Å². The minimum atomic E-state index is -2.05. The van der Waals surface area contributed by atoms with Gasteiger partial charge in [-0.3, -0.25) is 0 Å². The summed E-state index contributed by atoms with van der Waals surface area (Å²) in [5, 5.41) is 0. The summed E-state index contributed by atoms with van der Waals surface area (Å²) in [5.74, 6) is 1.03. The second-order valence-corrected chi connectivity index (χ2v) is 20.7. The Morgan fingerprint density at radius 2 is 1.41 bits per heavy atom. The fourth-order valence-electron chi connectivity index (χ4n) is 3.51. The van der Waals surface area contributed by atoms with Crippen molar-refractivity contribution >= 4 is 18.4 Å². The number of ether oxygens (including phenoxy) is 1. The van der Waals surface area contributed by atoms with E-state index in [0.29, 0.717) is 0 Å². The van der Waals surface area contributed by atoms with E-state index in [9.17, 15) is 0 Å². The predicted molar refractivity (Wildman–Crippen MR) is 102 cm³/mol. The van der Waals surface area contributed by atoms with E-state index in [1.807, 2.05) is 0 Å². The Labute approximate surface area is 142 Å². The minimum absolute atomic E-state index is 1.03. The van der Waals surface area contributed by atoms with Gasteiger partial charge in [-0.1, -0.05) is 0 Å². The maximum atomic E-state index is 5.44. The second kappa shape index (κ2) is 11.4. The normalized spacial score (nSPS) is 11.6. The first-order valence-corrected chi connectivity index (χ1v) is 17.4. The van der Waals surface area contributed by atoms with Crippen molar-refractivity contribution in [1.29, 1.82) is 0 Å². The third-order valence-corrected chi connectivity index (χ3v) is 20.3. The van der Waals surface area contributed by atoms with Crippen molar-refractivity contribution in [1.82, 2.24) is 0 Å². The summed E-state index contributed by atoms with van der Waals surface area (Å²) in [5.41, 5.74) is 1.54. The third kappa shape index (κ3) is 6.93. The quantitative estimate of drug-likeness (QED) is 0.351. The topological polar surface area (TPSA) is 9.23 Å². The molecule has 0 bridgehead atoms. The zero-order valence-corrected chi connectivity index (χ0v) is 18.1. The van der Waals surface area contributed by atoms with Gasteiger partial charge >= 0.3 is 143 Å². The van der Waals surface area contributed by atoms with Crippen LogP contribution in [0.4, 0.5) is 0 Å². The summed E-state index contributed by atoms with van der Waals surface area (Å²) in [4.78, 5) is 0. The fraction of sp³-hybridized carbons (Fsp3) is 0.700. The first-order valence-electron chi connectivity index (χ1n) is 9.32. The summed E-state index contributed by atoms with van der Waals surface area (Å²) >= 11 is -2.05. The molecule has 0 aliphatic rings. The Hall–Kier alpha value is -0.181. The van der Waals surface area contributed by atoms with Gasteiger partial charge in [-0.2, -0.15) is 0 Å². The van der Waals surface area contributed by atoms with Crippen molar-refractivity contribution < 1.29 is 4.74 Å².